The number of benzene rings is 6. The summed E-state index contributed by atoms with van der Waals surface area (Å²) in [6.45, 7) is 0. The third-order valence-corrected chi connectivity index (χ3v) is 10.1. The zero-order valence-corrected chi connectivity index (χ0v) is 28.2. The molecule has 11 rings (SSSR count). The SMILES string of the molecule is c1ccc(-c2nc3c4c5ccccc5n(-c5ccccc5)c4c4c5ccccc5n(-c5ncnc(-c6cccnc6)n5)c4c3n2-c2ccccc2)cc1. The second kappa shape index (κ2) is 11.5. The molecule has 8 heteroatoms. The summed E-state index contributed by atoms with van der Waals surface area (Å²) >= 11 is 0. The molecule has 6 aromatic carbocycles. The first kappa shape index (κ1) is 29.3. The number of hydrogen-bond donors (Lipinski definition) is 0. The second-order valence-corrected chi connectivity index (χ2v) is 13.0. The van der Waals surface area contributed by atoms with Crippen molar-refractivity contribution < 1.29 is 0 Å². The topological polar surface area (TPSA) is 79.2 Å². The summed E-state index contributed by atoms with van der Waals surface area (Å²) < 4.78 is 6.89. The number of nitrogens with zero attached hydrogens (tertiary/aromatic N) is 8. The van der Waals surface area contributed by atoms with Crippen LogP contribution in [0.5, 0.6) is 0 Å². The van der Waals surface area contributed by atoms with Crippen molar-refractivity contribution in [1.29, 1.82) is 0 Å². The molecule has 0 bridgehead atoms. The summed E-state index contributed by atoms with van der Waals surface area (Å²) in [5.41, 5.74) is 9.88. The first-order valence-corrected chi connectivity index (χ1v) is 17.5. The summed E-state index contributed by atoms with van der Waals surface area (Å²) in [4.78, 5) is 24.6. The van der Waals surface area contributed by atoms with Crippen LogP contribution in [0.15, 0.2) is 170 Å². The first-order chi connectivity index (χ1) is 26.3. The van der Waals surface area contributed by atoms with Crippen molar-refractivity contribution in [3.8, 4) is 40.1 Å². The Morgan fingerprint density at radius 1 is 0.434 bits per heavy atom. The van der Waals surface area contributed by atoms with Gasteiger partial charge in [-0.1, -0.05) is 103 Å². The average molecular weight is 681 g/mol. The van der Waals surface area contributed by atoms with Gasteiger partial charge in [-0.15, -0.1) is 0 Å². The highest BCUT2D eigenvalue weighted by Crippen LogP contribution is 2.48. The standard InChI is InChI=1S/C45H28N8/c1-4-15-29(16-5-1)44-49-39-37-33-22-10-12-24-35(33)51(31-18-6-2-7-19-31)40(37)38-34-23-11-13-25-36(34)53(41(38)42(39)52(44)32-20-8-3-9-21-32)45-48-28-47-43(50-45)30-17-14-26-46-27-30/h1-28H. The summed E-state index contributed by atoms with van der Waals surface area (Å²) in [6.07, 6.45) is 5.12. The van der Waals surface area contributed by atoms with Crippen LogP contribution in [0, 0.1) is 0 Å². The van der Waals surface area contributed by atoms with Gasteiger partial charge in [0.1, 0.15) is 17.7 Å². The Labute approximate surface area is 302 Å². The Hall–Kier alpha value is -7.45. The summed E-state index contributed by atoms with van der Waals surface area (Å²) in [5, 5.41) is 4.39. The summed E-state index contributed by atoms with van der Waals surface area (Å²) in [6, 6.07) is 52.6. The molecule has 0 amide bonds. The van der Waals surface area contributed by atoms with Crippen LogP contribution in [0.4, 0.5) is 0 Å². The Balaban J connectivity index is 1.44. The molecule has 0 aliphatic heterocycles. The molecule has 248 valence electrons. The van der Waals surface area contributed by atoms with Crippen LogP contribution in [-0.2, 0) is 0 Å². The molecular formula is C45H28N8. The van der Waals surface area contributed by atoms with Gasteiger partial charge in [-0.25, -0.2) is 15.0 Å². The number of aromatic nitrogens is 8. The molecular weight excluding hydrogens is 653 g/mol. The molecule has 0 aliphatic carbocycles. The van der Waals surface area contributed by atoms with E-state index in [-0.39, 0.29) is 0 Å². The van der Waals surface area contributed by atoms with Crippen molar-refractivity contribution in [2.45, 2.75) is 0 Å². The van der Waals surface area contributed by atoms with E-state index in [0.29, 0.717) is 11.8 Å². The van der Waals surface area contributed by atoms with Crippen LogP contribution < -0.4 is 0 Å². The highest BCUT2D eigenvalue weighted by molar-refractivity contribution is 6.36. The zero-order chi connectivity index (χ0) is 34.9. The van der Waals surface area contributed by atoms with Crippen molar-refractivity contribution in [1.82, 2.24) is 38.6 Å². The lowest BCUT2D eigenvalue weighted by atomic mass is 10.1. The molecule has 5 aromatic heterocycles. The predicted octanol–water partition coefficient (Wildman–Crippen LogP) is 10.1. The van der Waals surface area contributed by atoms with Crippen molar-refractivity contribution in [2.24, 2.45) is 0 Å². The smallest absolute Gasteiger partial charge is 0.238 e. The molecule has 8 nitrogen and oxygen atoms in total. The molecule has 11 aromatic rings. The quantitative estimate of drug-likeness (QED) is 0.181. The lowest BCUT2D eigenvalue weighted by Crippen LogP contribution is -2.05. The van der Waals surface area contributed by atoms with E-state index in [9.17, 15) is 0 Å². The van der Waals surface area contributed by atoms with Gasteiger partial charge in [0.25, 0.3) is 0 Å². The monoisotopic (exact) mass is 680 g/mol. The molecule has 0 aliphatic rings. The molecule has 0 saturated carbocycles. The van der Waals surface area contributed by atoms with Gasteiger partial charge < -0.3 is 4.57 Å². The lowest BCUT2D eigenvalue weighted by molar-refractivity contribution is 0.945. The Bertz CT molecular complexity index is 3150. The number of pyridine rings is 1. The van der Waals surface area contributed by atoms with E-state index in [4.69, 9.17) is 15.0 Å². The van der Waals surface area contributed by atoms with Crippen molar-refractivity contribution in [3.63, 3.8) is 0 Å². The zero-order valence-electron chi connectivity index (χ0n) is 28.2. The van der Waals surface area contributed by atoms with Crippen LogP contribution in [-0.4, -0.2) is 38.6 Å². The third kappa shape index (κ3) is 4.33. The van der Waals surface area contributed by atoms with E-state index in [1.54, 1.807) is 18.7 Å². The van der Waals surface area contributed by atoms with Crippen LogP contribution in [0.25, 0.3) is 94.7 Å². The number of rotatable bonds is 5. The van der Waals surface area contributed by atoms with E-state index < -0.39 is 0 Å². The maximum absolute atomic E-state index is 5.64. The molecule has 0 fully saturated rings. The van der Waals surface area contributed by atoms with Gasteiger partial charge in [-0.2, -0.15) is 4.98 Å². The number of imidazole rings is 1. The van der Waals surface area contributed by atoms with Gasteiger partial charge in [-0.05, 0) is 48.5 Å². The van der Waals surface area contributed by atoms with Gasteiger partial charge in [-0.3, -0.25) is 14.1 Å². The third-order valence-electron chi connectivity index (χ3n) is 10.1. The Morgan fingerprint density at radius 2 is 1.04 bits per heavy atom. The average Bonchev–Trinajstić information content (AvgIpc) is 3.91. The highest BCUT2D eigenvalue weighted by atomic mass is 15.2. The lowest BCUT2D eigenvalue weighted by Gasteiger charge is -2.14. The molecule has 53 heavy (non-hydrogen) atoms. The summed E-state index contributed by atoms with van der Waals surface area (Å²) in [5.74, 6) is 1.90. The number of para-hydroxylation sites is 4. The number of fused-ring (bicyclic) bond motifs is 10. The summed E-state index contributed by atoms with van der Waals surface area (Å²) in [7, 11) is 0. The molecule has 0 radical (unpaired) electrons. The van der Waals surface area contributed by atoms with Crippen molar-refractivity contribution in [2.75, 3.05) is 0 Å². The minimum atomic E-state index is 0.509. The van der Waals surface area contributed by atoms with Crippen molar-refractivity contribution >= 4 is 54.6 Å². The predicted molar refractivity (Wildman–Crippen MR) is 212 cm³/mol. The second-order valence-electron chi connectivity index (χ2n) is 13.0. The van der Waals surface area contributed by atoms with Crippen molar-refractivity contribution in [3.05, 3.63) is 170 Å². The van der Waals surface area contributed by atoms with Crippen LogP contribution >= 0.6 is 0 Å². The van der Waals surface area contributed by atoms with Gasteiger partial charge in [0.15, 0.2) is 5.82 Å². The van der Waals surface area contributed by atoms with E-state index in [2.05, 4.69) is 151 Å². The van der Waals surface area contributed by atoms with Gasteiger partial charge in [0.05, 0.1) is 27.6 Å². The molecule has 0 spiro atoms. The highest BCUT2D eigenvalue weighted by Gasteiger charge is 2.29. The van der Waals surface area contributed by atoms with Crippen LogP contribution in [0.3, 0.4) is 0 Å². The Kier molecular flexibility index (Phi) is 6.38. The normalized spacial score (nSPS) is 11.8. The fourth-order valence-electron chi connectivity index (χ4n) is 7.93. The first-order valence-electron chi connectivity index (χ1n) is 17.5. The largest absolute Gasteiger partial charge is 0.308 e. The fourth-order valence-corrected chi connectivity index (χ4v) is 7.93. The molecule has 5 heterocycles. The van der Waals surface area contributed by atoms with Gasteiger partial charge in [0, 0.05) is 56.4 Å². The fraction of sp³-hybridized carbons (Fsp3) is 0. The van der Waals surface area contributed by atoms with E-state index in [1.807, 2.05) is 24.3 Å². The van der Waals surface area contributed by atoms with E-state index in [0.717, 1.165) is 83.0 Å². The molecule has 0 atom stereocenters. The molecule has 0 N–H and O–H groups in total. The molecule has 0 saturated heterocycles. The number of hydrogen-bond acceptors (Lipinski definition) is 5. The minimum Gasteiger partial charge on any atom is -0.308 e. The van der Waals surface area contributed by atoms with E-state index in [1.165, 1.54) is 0 Å². The van der Waals surface area contributed by atoms with Crippen LogP contribution in [0.1, 0.15) is 0 Å². The van der Waals surface area contributed by atoms with Gasteiger partial charge >= 0.3 is 0 Å². The Morgan fingerprint density at radius 3 is 1.74 bits per heavy atom. The maximum Gasteiger partial charge on any atom is 0.238 e. The van der Waals surface area contributed by atoms with E-state index >= 15 is 0 Å². The molecule has 0 unspecified atom stereocenters. The maximum atomic E-state index is 5.64. The minimum absolute atomic E-state index is 0.509. The van der Waals surface area contributed by atoms with Gasteiger partial charge in [0.2, 0.25) is 5.95 Å². The van der Waals surface area contributed by atoms with Crippen LogP contribution in [0.2, 0.25) is 0 Å².